The number of nitrogens with one attached hydrogen (secondary N) is 1. The van der Waals surface area contributed by atoms with Gasteiger partial charge in [-0.15, -0.1) is 0 Å². The van der Waals surface area contributed by atoms with E-state index in [1.165, 1.54) is 6.42 Å². The Morgan fingerprint density at radius 1 is 1.43 bits per heavy atom. The van der Waals surface area contributed by atoms with Crippen molar-refractivity contribution in [1.82, 2.24) is 10.2 Å². The number of piperidine rings is 1. The molecule has 2 rings (SSSR count). The van der Waals surface area contributed by atoms with Gasteiger partial charge in [0.15, 0.2) is 6.10 Å². The van der Waals surface area contributed by atoms with Crippen LogP contribution in [0.1, 0.15) is 26.7 Å². The van der Waals surface area contributed by atoms with Gasteiger partial charge in [-0.1, -0.05) is 26.0 Å². The summed E-state index contributed by atoms with van der Waals surface area (Å²) < 4.78 is 6.94. The van der Waals surface area contributed by atoms with Crippen molar-refractivity contribution in [2.24, 2.45) is 11.8 Å². The third-order valence-corrected chi connectivity index (χ3v) is 4.92. The van der Waals surface area contributed by atoms with Crippen molar-refractivity contribution >= 4 is 21.8 Å². The molecule has 5 heteroatoms. The number of para-hydroxylation sites is 1. The lowest BCUT2D eigenvalue weighted by atomic mass is 9.96. The number of benzene rings is 1. The van der Waals surface area contributed by atoms with E-state index in [0.717, 1.165) is 36.3 Å². The molecule has 1 aliphatic rings. The van der Waals surface area contributed by atoms with Crippen molar-refractivity contribution in [2.45, 2.75) is 32.8 Å². The first kappa shape index (κ1) is 18.3. The molecule has 1 aromatic rings. The molecule has 128 valence electrons. The summed E-state index contributed by atoms with van der Waals surface area (Å²) in [6.45, 7) is 6.69. The average molecular weight is 383 g/mol. The minimum atomic E-state index is -0.443. The van der Waals surface area contributed by atoms with Crippen LogP contribution in [0, 0.1) is 11.8 Å². The van der Waals surface area contributed by atoms with Crippen molar-refractivity contribution in [3.05, 3.63) is 28.7 Å². The molecule has 0 radical (unpaired) electrons. The highest BCUT2D eigenvalue weighted by atomic mass is 79.9. The summed E-state index contributed by atoms with van der Waals surface area (Å²) in [5.41, 5.74) is 0. The highest BCUT2D eigenvalue weighted by Crippen LogP contribution is 2.27. The van der Waals surface area contributed by atoms with Gasteiger partial charge >= 0.3 is 0 Å². The SMILES string of the molecule is CNC[C@@H]1CCCN(C(=O)[C@H](Oc2ccccc2Br)C(C)C)C1. The molecule has 0 aromatic heterocycles. The van der Waals surface area contributed by atoms with Gasteiger partial charge in [0.1, 0.15) is 5.75 Å². The fourth-order valence-electron chi connectivity index (χ4n) is 3.05. The fourth-order valence-corrected chi connectivity index (χ4v) is 3.43. The maximum absolute atomic E-state index is 13.0. The molecule has 0 saturated carbocycles. The quantitative estimate of drug-likeness (QED) is 0.820. The molecule has 0 unspecified atom stereocenters. The van der Waals surface area contributed by atoms with Crippen LogP contribution in [-0.2, 0) is 4.79 Å². The van der Waals surface area contributed by atoms with Crippen molar-refractivity contribution in [2.75, 3.05) is 26.7 Å². The maximum Gasteiger partial charge on any atom is 0.263 e. The van der Waals surface area contributed by atoms with Crippen LogP contribution in [0.5, 0.6) is 5.75 Å². The van der Waals surface area contributed by atoms with Crippen LogP contribution in [-0.4, -0.2) is 43.6 Å². The lowest BCUT2D eigenvalue weighted by Gasteiger charge is -2.36. The molecule has 23 heavy (non-hydrogen) atoms. The number of amides is 1. The van der Waals surface area contributed by atoms with Crippen LogP contribution in [0.2, 0.25) is 0 Å². The Labute approximate surface area is 147 Å². The maximum atomic E-state index is 13.0. The summed E-state index contributed by atoms with van der Waals surface area (Å²) in [5.74, 6) is 1.49. The molecule has 1 saturated heterocycles. The van der Waals surface area contributed by atoms with E-state index in [0.29, 0.717) is 5.92 Å². The molecule has 4 nitrogen and oxygen atoms in total. The number of hydrogen-bond acceptors (Lipinski definition) is 3. The topological polar surface area (TPSA) is 41.6 Å². The molecule has 1 aliphatic heterocycles. The Balaban J connectivity index is 2.08. The van der Waals surface area contributed by atoms with Gasteiger partial charge in [0.05, 0.1) is 4.47 Å². The van der Waals surface area contributed by atoms with Gasteiger partial charge in [0, 0.05) is 13.1 Å². The molecule has 1 aromatic carbocycles. The molecular formula is C18H27BrN2O2. The second-order valence-corrected chi connectivity index (χ2v) is 7.42. The summed E-state index contributed by atoms with van der Waals surface area (Å²) in [6.07, 6.45) is 1.81. The van der Waals surface area contributed by atoms with Crippen LogP contribution >= 0.6 is 15.9 Å². The van der Waals surface area contributed by atoms with Gasteiger partial charge < -0.3 is 15.0 Å². The second-order valence-electron chi connectivity index (χ2n) is 6.56. The smallest absolute Gasteiger partial charge is 0.263 e. The monoisotopic (exact) mass is 382 g/mol. The first-order valence-corrected chi connectivity index (χ1v) is 9.16. The van der Waals surface area contributed by atoms with E-state index in [1.807, 2.05) is 50.1 Å². The van der Waals surface area contributed by atoms with Crippen LogP contribution in [0.15, 0.2) is 28.7 Å². The van der Waals surface area contributed by atoms with Crippen LogP contribution in [0.25, 0.3) is 0 Å². The Morgan fingerprint density at radius 3 is 2.83 bits per heavy atom. The number of hydrogen-bond donors (Lipinski definition) is 1. The van der Waals surface area contributed by atoms with E-state index in [1.54, 1.807) is 0 Å². The molecule has 1 amide bonds. The number of carbonyl (C=O) groups is 1. The molecule has 1 N–H and O–H groups in total. The van der Waals surface area contributed by atoms with E-state index in [2.05, 4.69) is 21.2 Å². The Bertz CT molecular complexity index is 519. The van der Waals surface area contributed by atoms with Crippen LogP contribution in [0.3, 0.4) is 0 Å². The van der Waals surface area contributed by atoms with Gasteiger partial charge in [-0.05, 0) is 66.3 Å². The number of rotatable bonds is 6. The predicted molar refractivity (Wildman–Crippen MR) is 96.6 cm³/mol. The minimum Gasteiger partial charge on any atom is -0.479 e. The lowest BCUT2D eigenvalue weighted by molar-refractivity contribution is -0.142. The van der Waals surface area contributed by atoms with Gasteiger partial charge in [0.25, 0.3) is 5.91 Å². The fraction of sp³-hybridized carbons (Fsp3) is 0.611. The van der Waals surface area contributed by atoms with E-state index < -0.39 is 6.10 Å². The van der Waals surface area contributed by atoms with Gasteiger partial charge in [-0.2, -0.15) is 0 Å². The molecular weight excluding hydrogens is 356 g/mol. The zero-order chi connectivity index (χ0) is 16.8. The van der Waals surface area contributed by atoms with E-state index in [4.69, 9.17) is 4.74 Å². The lowest BCUT2D eigenvalue weighted by Crippen LogP contribution is -2.49. The van der Waals surface area contributed by atoms with Crippen molar-refractivity contribution in [3.8, 4) is 5.75 Å². The number of nitrogens with zero attached hydrogens (tertiary/aromatic N) is 1. The molecule has 1 fully saturated rings. The van der Waals surface area contributed by atoms with E-state index in [-0.39, 0.29) is 11.8 Å². The second kappa shape index (κ2) is 8.69. The summed E-state index contributed by atoms with van der Waals surface area (Å²) in [7, 11) is 1.97. The third-order valence-electron chi connectivity index (χ3n) is 4.26. The molecule has 0 bridgehead atoms. The van der Waals surface area contributed by atoms with E-state index in [9.17, 15) is 4.79 Å². The first-order valence-electron chi connectivity index (χ1n) is 8.37. The van der Waals surface area contributed by atoms with Crippen molar-refractivity contribution in [1.29, 1.82) is 0 Å². The highest BCUT2D eigenvalue weighted by Gasteiger charge is 2.32. The average Bonchev–Trinajstić information content (AvgIpc) is 2.54. The number of likely N-dealkylation sites (tertiary alicyclic amines) is 1. The van der Waals surface area contributed by atoms with Gasteiger partial charge in [0.2, 0.25) is 0 Å². The molecule has 0 aliphatic carbocycles. The number of carbonyl (C=O) groups excluding carboxylic acids is 1. The van der Waals surface area contributed by atoms with Crippen LogP contribution in [0.4, 0.5) is 0 Å². The zero-order valence-corrected chi connectivity index (χ0v) is 15.8. The Morgan fingerprint density at radius 2 is 2.17 bits per heavy atom. The Hall–Kier alpha value is -1.07. The number of ether oxygens (including phenoxy) is 1. The summed E-state index contributed by atoms with van der Waals surface area (Å²) in [6, 6.07) is 7.69. The largest absolute Gasteiger partial charge is 0.479 e. The standard InChI is InChI=1S/C18H27BrN2O2/c1-13(2)17(23-16-9-5-4-8-15(16)19)18(22)21-10-6-7-14(12-21)11-20-3/h4-5,8-9,13-14,17,20H,6-7,10-12H2,1-3H3/t14-,17+/m0/s1. The summed E-state index contributed by atoms with van der Waals surface area (Å²) >= 11 is 3.49. The van der Waals surface area contributed by atoms with Crippen LogP contribution < -0.4 is 10.1 Å². The molecule has 1 heterocycles. The van der Waals surface area contributed by atoms with E-state index >= 15 is 0 Å². The normalized spacial score (nSPS) is 19.7. The van der Waals surface area contributed by atoms with Gasteiger partial charge in [-0.25, -0.2) is 0 Å². The zero-order valence-electron chi connectivity index (χ0n) is 14.2. The number of halogens is 1. The Kier molecular flexibility index (Phi) is 6.90. The highest BCUT2D eigenvalue weighted by molar-refractivity contribution is 9.10. The molecule has 0 spiro atoms. The third kappa shape index (κ3) is 4.95. The summed E-state index contributed by atoms with van der Waals surface area (Å²) in [5, 5.41) is 3.22. The van der Waals surface area contributed by atoms with Crippen molar-refractivity contribution < 1.29 is 9.53 Å². The predicted octanol–water partition coefficient (Wildman–Crippen LogP) is 3.31. The minimum absolute atomic E-state index is 0.108. The van der Waals surface area contributed by atoms with Gasteiger partial charge in [-0.3, -0.25) is 4.79 Å². The van der Waals surface area contributed by atoms with Crippen molar-refractivity contribution in [3.63, 3.8) is 0 Å². The summed E-state index contributed by atoms with van der Waals surface area (Å²) in [4.78, 5) is 14.9. The molecule has 2 atom stereocenters. The first-order chi connectivity index (χ1) is 11.0.